The van der Waals surface area contributed by atoms with Gasteiger partial charge in [0.1, 0.15) is 19.2 Å². The van der Waals surface area contributed by atoms with Crippen molar-refractivity contribution in [1.82, 2.24) is 14.8 Å². The van der Waals surface area contributed by atoms with Crippen LogP contribution in [0, 0.1) is 5.92 Å². The van der Waals surface area contributed by atoms with Gasteiger partial charge < -0.3 is 9.47 Å². The van der Waals surface area contributed by atoms with E-state index in [4.69, 9.17) is 9.47 Å². The Hall–Kier alpha value is -1.72. The summed E-state index contributed by atoms with van der Waals surface area (Å²) in [5, 5.41) is 4.15. The Bertz CT molecular complexity index is 505. The fourth-order valence-electron chi connectivity index (χ4n) is 2.21. The first-order valence-corrected chi connectivity index (χ1v) is 6.44. The van der Waals surface area contributed by atoms with E-state index in [1.54, 1.807) is 11.0 Å². The van der Waals surface area contributed by atoms with E-state index in [-0.39, 0.29) is 0 Å². The van der Waals surface area contributed by atoms with Crippen LogP contribution in [0.25, 0.3) is 0 Å². The van der Waals surface area contributed by atoms with E-state index in [0.717, 1.165) is 5.56 Å². The van der Waals surface area contributed by atoms with Crippen molar-refractivity contribution in [3.63, 3.8) is 0 Å². The van der Waals surface area contributed by atoms with Crippen LogP contribution < -0.4 is 0 Å². The summed E-state index contributed by atoms with van der Waals surface area (Å²) in [7, 11) is 0. The van der Waals surface area contributed by atoms with Crippen molar-refractivity contribution >= 4 is 0 Å². The lowest BCUT2D eigenvalue weighted by atomic mass is 10.0. The largest absolute Gasteiger partial charge is 0.344 e. The predicted octanol–water partition coefficient (Wildman–Crippen LogP) is 1.81. The molecule has 1 fully saturated rings. The molecule has 1 aromatic heterocycles. The van der Waals surface area contributed by atoms with Gasteiger partial charge in [-0.1, -0.05) is 37.3 Å². The molecule has 5 heteroatoms. The van der Waals surface area contributed by atoms with Crippen molar-refractivity contribution in [2.45, 2.75) is 19.3 Å². The van der Waals surface area contributed by atoms with Crippen molar-refractivity contribution in [2.75, 3.05) is 13.2 Å². The Morgan fingerprint density at radius 2 is 2.00 bits per heavy atom. The highest BCUT2D eigenvalue weighted by atomic mass is 16.7. The van der Waals surface area contributed by atoms with Crippen molar-refractivity contribution in [2.24, 2.45) is 5.92 Å². The predicted molar refractivity (Wildman–Crippen MR) is 69.2 cm³/mol. The van der Waals surface area contributed by atoms with Crippen LogP contribution in [0.3, 0.4) is 0 Å². The zero-order chi connectivity index (χ0) is 13.1. The van der Waals surface area contributed by atoms with E-state index in [2.05, 4.69) is 17.0 Å². The van der Waals surface area contributed by atoms with Crippen LogP contribution in [0.1, 0.15) is 12.5 Å². The third kappa shape index (κ3) is 2.52. The molecule has 0 N–H and O–H groups in total. The monoisotopic (exact) mass is 259 g/mol. The lowest BCUT2D eigenvalue weighted by Gasteiger charge is -2.39. The first kappa shape index (κ1) is 12.3. The van der Waals surface area contributed by atoms with Crippen LogP contribution in [0.4, 0.5) is 0 Å². The molecule has 2 aromatic rings. The van der Waals surface area contributed by atoms with Gasteiger partial charge in [0.15, 0.2) is 0 Å². The molecule has 0 radical (unpaired) electrons. The lowest BCUT2D eigenvalue weighted by Crippen LogP contribution is -2.44. The summed E-state index contributed by atoms with van der Waals surface area (Å²) in [6, 6.07) is 10.0. The van der Waals surface area contributed by atoms with E-state index in [1.165, 1.54) is 6.33 Å². The zero-order valence-electron chi connectivity index (χ0n) is 10.9. The van der Waals surface area contributed by atoms with Crippen LogP contribution in [0.2, 0.25) is 0 Å². The minimum atomic E-state index is -0.762. The molecule has 0 unspecified atom stereocenters. The maximum absolute atomic E-state index is 6.03. The number of ether oxygens (including phenoxy) is 2. The van der Waals surface area contributed by atoms with Gasteiger partial charge in [0.2, 0.25) is 5.79 Å². The summed E-state index contributed by atoms with van der Waals surface area (Å²) in [5.41, 5.74) is 1.01. The second-order valence-corrected chi connectivity index (χ2v) is 4.94. The molecule has 19 heavy (non-hydrogen) atoms. The van der Waals surface area contributed by atoms with Crippen LogP contribution >= 0.6 is 0 Å². The molecule has 5 nitrogen and oxygen atoms in total. The Kier molecular flexibility index (Phi) is 3.31. The topological polar surface area (TPSA) is 49.2 Å². The maximum Gasteiger partial charge on any atom is 0.215 e. The summed E-state index contributed by atoms with van der Waals surface area (Å²) < 4.78 is 13.8. The highest BCUT2D eigenvalue weighted by molar-refractivity contribution is 5.20. The van der Waals surface area contributed by atoms with Crippen LogP contribution in [0.15, 0.2) is 43.0 Å². The molecule has 1 aliphatic heterocycles. The van der Waals surface area contributed by atoms with Gasteiger partial charge in [-0.15, -0.1) is 0 Å². The molecule has 0 amide bonds. The van der Waals surface area contributed by atoms with Gasteiger partial charge in [-0.05, 0) is 0 Å². The standard InChI is InChI=1S/C14H17N3O2/c1-12-7-18-14(19-8-12,9-17-11-15-10-16-17)13-5-3-2-4-6-13/h2-6,10-12H,7-9H2,1H3. The molecule has 1 saturated heterocycles. The lowest BCUT2D eigenvalue weighted by molar-refractivity contribution is -0.298. The molecule has 3 rings (SSSR count). The fraction of sp³-hybridized carbons (Fsp3) is 0.429. The van der Waals surface area contributed by atoms with Crippen molar-refractivity contribution < 1.29 is 9.47 Å². The van der Waals surface area contributed by atoms with E-state index in [9.17, 15) is 0 Å². The number of hydrogen-bond acceptors (Lipinski definition) is 4. The highest BCUT2D eigenvalue weighted by Gasteiger charge is 2.39. The second kappa shape index (κ2) is 5.11. The van der Waals surface area contributed by atoms with Crippen molar-refractivity contribution in [3.8, 4) is 0 Å². The molecule has 1 aliphatic rings. The van der Waals surface area contributed by atoms with Crippen molar-refractivity contribution in [1.29, 1.82) is 0 Å². The summed E-state index contributed by atoms with van der Waals surface area (Å²) >= 11 is 0. The molecule has 0 aliphatic carbocycles. The third-order valence-electron chi connectivity index (χ3n) is 3.25. The zero-order valence-corrected chi connectivity index (χ0v) is 10.9. The van der Waals surface area contributed by atoms with Gasteiger partial charge in [0, 0.05) is 11.5 Å². The number of rotatable bonds is 3. The molecule has 0 saturated carbocycles. The summed E-state index contributed by atoms with van der Waals surface area (Å²) in [4.78, 5) is 3.97. The first-order valence-electron chi connectivity index (χ1n) is 6.44. The van der Waals surface area contributed by atoms with Gasteiger partial charge in [0.05, 0.1) is 13.2 Å². The minimum absolute atomic E-state index is 0.410. The molecule has 2 heterocycles. The molecule has 100 valence electrons. The molecule has 0 bridgehead atoms. The van der Waals surface area contributed by atoms with Gasteiger partial charge in [-0.2, -0.15) is 5.10 Å². The van der Waals surface area contributed by atoms with E-state index < -0.39 is 5.79 Å². The average Bonchev–Trinajstić information content (AvgIpc) is 2.95. The Morgan fingerprint density at radius 1 is 1.26 bits per heavy atom. The average molecular weight is 259 g/mol. The summed E-state index contributed by atoms with van der Waals surface area (Å²) in [5.74, 6) is -0.353. The SMILES string of the molecule is CC1COC(Cn2cncn2)(c2ccccc2)OC1. The quantitative estimate of drug-likeness (QED) is 0.843. The van der Waals surface area contributed by atoms with Crippen LogP contribution in [-0.4, -0.2) is 28.0 Å². The summed E-state index contributed by atoms with van der Waals surface area (Å²) in [6.07, 6.45) is 3.19. The minimum Gasteiger partial charge on any atom is -0.344 e. The van der Waals surface area contributed by atoms with Crippen molar-refractivity contribution in [3.05, 3.63) is 48.5 Å². The maximum atomic E-state index is 6.03. The number of aromatic nitrogens is 3. The van der Waals surface area contributed by atoms with Crippen LogP contribution in [0.5, 0.6) is 0 Å². The molecular weight excluding hydrogens is 242 g/mol. The van der Waals surface area contributed by atoms with Gasteiger partial charge in [-0.3, -0.25) is 0 Å². The normalized spacial score (nSPS) is 27.3. The second-order valence-electron chi connectivity index (χ2n) is 4.94. The summed E-state index contributed by atoms with van der Waals surface area (Å²) in [6.45, 7) is 3.99. The smallest absolute Gasteiger partial charge is 0.215 e. The fourth-order valence-corrected chi connectivity index (χ4v) is 2.21. The van der Waals surface area contributed by atoms with E-state index >= 15 is 0 Å². The Morgan fingerprint density at radius 3 is 2.63 bits per heavy atom. The number of hydrogen-bond donors (Lipinski definition) is 0. The van der Waals surface area contributed by atoms with Gasteiger partial charge in [-0.25, -0.2) is 9.67 Å². The molecular formula is C14H17N3O2. The Balaban J connectivity index is 1.91. The molecule has 1 aromatic carbocycles. The number of nitrogens with zero attached hydrogens (tertiary/aromatic N) is 3. The molecule has 0 spiro atoms. The highest BCUT2D eigenvalue weighted by Crippen LogP contribution is 2.33. The first-order chi connectivity index (χ1) is 9.28. The molecule has 0 atom stereocenters. The van der Waals surface area contributed by atoms with Gasteiger partial charge in [0.25, 0.3) is 0 Å². The van der Waals surface area contributed by atoms with Gasteiger partial charge >= 0.3 is 0 Å². The van der Waals surface area contributed by atoms with E-state index in [0.29, 0.717) is 25.7 Å². The van der Waals surface area contributed by atoms with E-state index in [1.807, 2.05) is 30.3 Å². The Labute approximate surface area is 112 Å². The number of benzene rings is 1. The third-order valence-corrected chi connectivity index (χ3v) is 3.25. The van der Waals surface area contributed by atoms with Crippen LogP contribution in [-0.2, 0) is 21.8 Å².